The van der Waals surface area contributed by atoms with Gasteiger partial charge in [0, 0.05) is 12.8 Å². The lowest BCUT2D eigenvalue weighted by atomic mass is 10.00. The van der Waals surface area contributed by atoms with Crippen molar-refractivity contribution in [2.75, 3.05) is 0 Å². The van der Waals surface area contributed by atoms with Gasteiger partial charge in [0.15, 0.2) is 0 Å². The average Bonchev–Trinajstić information content (AvgIpc) is 3.40. The van der Waals surface area contributed by atoms with E-state index in [-0.39, 0.29) is 24.3 Å². The molecule has 4 nitrogen and oxygen atoms in total. The third kappa shape index (κ3) is 22.3. The molecule has 43 heavy (non-hydrogen) atoms. The highest BCUT2D eigenvalue weighted by Crippen LogP contribution is 2.31. The number of carbonyl (C=O) groups is 1. The van der Waals surface area contributed by atoms with Crippen LogP contribution in [0.15, 0.2) is 61.3 Å². The molecule has 0 aromatic heterocycles. The molecular weight excluding hydrogens is 532 g/mol. The maximum absolute atomic E-state index is 12.6. The third-order valence-electron chi connectivity index (χ3n) is 8.15. The van der Waals surface area contributed by atoms with Gasteiger partial charge in [0.1, 0.15) is 6.10 Å². The fourth-order valence-corrected chi connectivity index (χ4v) is 5.48. The zero-order valence-electron chi connectivity index (χ0n) is 27.9. The first-order chi connectivity index (χ1) is 21.1. The normalized spacial score (nSPS) is 19.8. The summed E-state index contributed by atoms with van der Waals surface area (Å²) in [4.78, 5) is 12.6. The Morgan fingerprint density at radius 3 is 1.98 bits per heavy atom. The number of unbranched alkanes of at least 4 members (excludes halogenated alkanes) is 11. The number of rotatable bonds is 28. The van der Waals surface area contributed by atoms with Crippen LogP contribution in [0.3, 0.4) is 0 Å². The summed E-state index contributed by atoms with van der Waals surface area (Å²) >= 11 is 0. The molecule has 1 saturated heterocycles. The van der Waals surface area contributed by atoms with Crippen LogP contribution in [0, 0.1) is 0 Å². The molecule has 1 aliphatic heterocycles. The molecule has 1 unspecified atom stereocenters. The predicted molar refractivity (Wildman–Crippen MR) is 184 cm³/mol. The maximum atomic E-state index is 12.6. The molecule has 0 aliphatic carbocycles. The van der Waals surface area contributed by atoms with Crippen molar-refractivity contribution in [3.8, 4) is 0 Å². The van der Waals surface area contributed by atoms with Gasteiger partial charge in [0.05, 0.1) is 18.3 Å². The minimum Gasteiger partial charge on any atom is -0.459 e. The Morgan fingerprint density at radius 2 is 1.33 bits per heavy atom. The highest BCUT2D eigenvalue weighted by molar-refractivity contribution is 5.69. The van der Waals surface area contributed by atoms with Gasteiger partial charge in [-0.3, -0.25) is 4.79 Å². The SMILES string of the molecule is C=CCCCCCCC[C@@H](O)C1C[C@H](OC(=O)CCC/C=C\C/C=C\C/C=C\C/C=C\CCCCC)[C@H](CCCCC)O1. The van der Waals surface area contributed by atoms with E-state index in [0.29, 0.717) is 12.8 Å². The highest BCUT2D eigenvalue weighted by atomic mass is 16.6. The number of aliphatic hydroxyl groups excluding tert-OH is 1. The monoisotopic (exact) mass is 598 g/mol. The van der Waals surface area contributed by atoms with E-state index in [1.165, 1.54) is 44.9 Å². The predicted octanol–water partition coefficient (Wildman–Crippen LogP) is 11.1. The molecule has 1 heterocycles. The number of hydrogen-bond acceptors (Lipinski definition) is 4. The molecule has 1 aliphatic rings. The molecule has 0 aromatic rings. The largest absolute Gasteiger partial charge is 0.459 e. The van der Waals surface area contributed by atoms with E-state index >= 15 is 0 Å². The van der Waals surface area contributed by atoms with E-state index in [2.05, 4.69) is 69.0 Å². The van der Waals surface area contributed by atoms with Crippen molar-refractivity contribution in [1.29, 1.82) is 0 Å². The molecule has 0 bridgehead atoms. The lowest BCUT2D eigenvalue weighted by Gasteiger charge is -2.20. The van der Waals surface area contributed by atoms with Gasteiger partial charge in [-0.2, -0.15) is 0 Å². The Labute approximate surface area is 265 Å². The van der Waals surface area contributed by atoms with Gasteiger partial charge in [-0.15, -0.1) is 6.58 Å². The summed E-state index contributed by atoms with van der Waals surface area (Å²) in [7, 11) is 0. The van der Waals surface area contributed by atoms with Crippen LogP contribution in [0.5, 0.6) is 0 Å². The second-order valence-electron chi connectivity index (χ2n) is 12.2. The van der Waals surface area contributed by atoms with Crippen LogP contribution >= 0.6 is 0 Å². The topological polar surface area (TPSA) is 55.8 Å². The summed E-state index contributed by atoms with van der Waals surface area (Å²) in [5.74, 6) is -0.139. The lowest BCUT2D eigenvalue weighted by molar-refractivity contribution is -0.152. The molecule has 0 saturated carbocycles. The summed E-state index contributed by atoms with van der Waals surface area (Å²) in [5.41, 5.74) is 0. The van der Waals surface area contributed by atoms with Crippen LogP contribution in [0.2, 0.25) is 0 Å². The number of aliphatic hydroxyl groups is 1. The van der Waals surface area contributed by atoms with Crippen LogP contribution in [0.25, 0.3) is 0 Å². The van der Waals surface area contributed by atoms with E-state index in [1.807, 2.05) is 6.08 Å². The van der Waals surface area contributed by atoms with Gasteiger partial charge in [0.2, 0.25) is 0 Å². The molecule has 1 rings (SSSR count). The first kappa shape index (κ1) is 39.1. The van der Waals surface area contributed by atoms with Crippen molar-refractivity contribution in [2.24, 2.45) is 0 Å². The van der Waals surface area contributed by atoms with Crippen LogP contribution in [0.4, 0.5) is 0 Å². The zero-order valence-corrected chi connectivity index (χ0v) is 27.9. The highest BCUT2D eigenvalue weighted by Gasteiger charge is 2.40. The first-order valence-electron chi connectivity index (χ1n) is 17.9. The molecule has 246 valence electrons. The van der Waals surface area contributed by atoms with Crippen molar-refractivity contribution < 1.29 is 19.4 Å². The molecular formula is C39H66O4. The van der Waals surface area contributed by atoms with E-state index in [0.717, 1.165) is 83.5 Å². The Kier molecular flexibility index (Phi) is 26.2. The van der Waals surface area contributed by atoms with Crippen LogP contribution in [-0.4, -0.2) is 35.5 Å². The number of esters is 1. The summed E-state index contributed by atoms with van der Waals surface area (Å²) in [6, 6.07) is 0. The smallest absolute Gasteiger partial charge is 0.306 e. The van der Waals surface area contributed by atoms with Gasteiger partial charge in [0.25, 0.3) is 0 Å². The van der Waals surface area contributed by atoms with Crippen molar-refractivity contribution in [3.05, 3.63) is 61.3 Å². The molecule has 0 amide bonds. The molecule has 0 aromatic carbocycles. The van der Waals surface area contributed by atoms with Gasteiger partial charge in [-0.1, -0.05) is 126 Å². The maximum Gasteiger partial charge on any atom is 0.306 e. The lowest BCUT2D eigenvalue weighted by Crippen LogP contribution is -2.27. The van der Waals surface area contributed by atoms with E-state index in [4.69, 9.17) is 9.47 Å². The summed E-state index contributed by atoms with van der Waals surface area (Å²) in [5, 5.41) is 10.8. The van der Waals surface area contributed by atoms with Crippen LogP contribution < -0.4 is 0 Å². The fourth-order valence-electron chi connectivity index (χ4n) is 5.48. The standard InChI is InChI=1S/C39H66O4/c1-4-7-10-12-14-15-16-17-18-19-20-21-22-23-25-27-30-33-39(41)43-38-34-37(42-36(38)32-28-9-6-3)35(40)31-29-26-24-13-11-8-5-2/h5,14-15,17-18,20-21,23,25,35-38,40H,2,4,6-13,16,19,22,24,26-34H2,1,3H3/b15-14-,18-17-,21-20-,25-23-/t35-,36+,37?,38+/m1/s1. The van der Waals surface area contributed by atoms with E-state index in [9.17, 15) is 9.90 Å². The Balaban J connectivity index is 2.25. The van der Waals surface area contributed by atoms with Crippen molar-refractivity contribution in [1.82, 2.24) is 0 Å². The van der Waals surface area contributed by atoms with Gasteiger partial charge >= 0.3 is 5.97 Å². The summed E-state index contributed by atoms with van der Waals surface area (Å²) in [6.45, 7) is 8.21. The second-order valence-corrected chi connectivity index (χ2v) is 12.2. The van der Waals surface area contributed by atoms with E-state index < -0.39 is 6.10 Å². The fraction of sp³-hybridized carbons (Fsp3) is 0.718. The van der Waals surface area contributed by atoms with Crippen molar-refractivity contribution >= 4 is 5.97 Å². The van der Waals surface area contributed by atoms with Gasteiger partial charge in [-0.25, -0.2) is 0 Å². The van der Waals surface area contributed by atoms with E-state index in [1.54, 1.807) is 0 Å². The summed E-state index contributed by atoms with van der Waals surface area (Å²) < 4.78 is 12.2. The molecule has 1 N–H and O–H groups in total. The molecule has 4 atom stereocenters. The molecule has 0 spiro atoms. The Bertz CT molecular complexity index is 780. The van der Waals surface area contributed by atoms with Crippen LogP contribution in [-0.2, 0) is 14.3 Å². The average molecular weight is 599 g/mol. The molecule has 4 heteroatoms. The van der Waals surface area contributed by atoms with Gasteiger partial charge < -0.3 is 14.6 Å². The Hall–Kier alpha value is -1.91. The quantitative estimate of drug-likeness (QED) is 0.0553. The second kappa shape index (κ2) is 28.8. The van der Waals surface area contributed by atoms with Crippen LogP contribution in [0.1, 0.15) is 155 Å². The number of hydrogen-bond donors (Lipinski definition) is 1. The van der Waals surface area contributed by atoms with Crippen molar-refractivity contribution in [3.63, 3.8) is 0 Å². The minimum atomic E-state index is -0.483. The summed E-state index contributed by atoms with van der Waals surface area (Å²) in [6.07, 6.45) is 41.3. The number of ether oxygens (including phenoxy) is 2. The minimum absolute atomic E-state index is 0.0948. The zero-order chi connectivity index (χ0) is 31.2. The third-order valence-corrected chi connectivity index (χ3v) is 8.15. The van der Waals surface area contributed by atoms with Crippen molar-refractivity contribution in [2.45, 2.75) is 180 Å². The Morgan fingerprint density at radius 1 is 0.767 bits per heavy atom. The molecule has 1 fully saturated rings. The molecule has 0 radical (unpaired) electrons. The van der Waals surface area contributed by atoms with Gasteiger partial charge in [-0.05, 0) is 70.6 Å². The number of allylic oxidation sites excluding steroid dienone is 9. The first-order valence-corrected chi connectivity index (χ1v) is 17.9. The number of carbonyl (C=O) groups excluding carboxylic acids is 1.